The summed E-state index contributed by atoms with van der Waals surface area (Å²) in [5.74, 6) is -0.454. The molecule has 0 saturated carbocycles. The number of aliphatic hydroxyl groups is 1. The molecule has 35 heavy (non-hydrogen) atoms. The van der Waals surface area contributed by atoms with E-state index in [0.29, 0.717) is 17.4 Å². The van der Waals surface area contributed by atoms with E-state index in [-0.39, 0.29) is 13.0 Å². The van der Waals surface area contributed by atoms with E-state index in [9.17, 15) is 19.4 Å². The lowest BCUT2D eigenvalue weighted by Gasteiger charge is -2.24. The van der Waals surface area contributed by atoms with Crippen LogP contribution in [0.3, 0.4) is 0 Å². The van der Waals surface area contributed by atoms with Crippen molar-refractivity contribution in [3.05, 3.63) is 12.2 Å². The maximum atomic E-state index is 12.0. The highest BCUT2D eigenvalue weighted by atomic mass is 31.2. The van der Waals surface area contributed by atoms with Gasteiger partial charge in [-0.3, -0.25) is 13.8 Å². The van der Waals surface area contributed by atoms with Gasteiger partial charge in [-0.2, -0.15) is 0 Å². The molecule has 0 aromatic carbocycles. The number of phosphoric acid groups is 1. The number of allylic oxidation sites excluding steroid dienone is 2. The van der Waals surface area contributed by atoms with Crippen molar-refractivity contribution in [3.8, 4) is 0 Å². The summed E-state index contributed by atoms with van der Waals surface area (Å²) in [6.07, 6.45) is 19.3. The Labute approximate surface area is 214 Å². The SMILES string of the molecule is CCCCCCCCCCCC=CCCCCC(=O)O[C@@H](CO)COP(=O)(O)OCC[N+](C)(C)C. The molecule has 0 amide bonds. The Balaban J connectivity index is 3.77. The zero-order valence-electron chi connectivity index (χ0n) is 22.8. The van der Waals surface area contributed by atoms with E-state index in [1.807, 2.05) is 21.1 Å². The van der Waals surface area contributed by atoms with Crippen LogP contribution in [0, 0.1) is 0 Å². The average molecular weight is 523 g/mol. The van der Waals surface area contributed by atoms with E-state index in [0.717, 1.165) is 19.3 Å². The van der Waals surface area contributed by atoms with Gasteiger partial charge in [-0.25, -0.2) is 4.57 Å². The number of aliphatic hydroxyl groups excluding tert-OH is 1. The van der Waals surface area contributed by atoms with Crippen LogP contribution in [-0.4, -0.2) is 74.1 Å². The van der Waals surface area contributed by atoms with Gasteiger partial charge < -0.3 is 19.2 Å². The Hall–Kier alpha value is -0.760. The van der Waals surface area contributed by atoms with Crippen LogP contribution in [-0.2, 0) is 23.1 Å². The molecule has 8 nitrogen and oxygen atoms in total. The molecule has 0 aliphatic rings. The van der Waals surface area contributed by atoms with Crippen LogP contribution in [0.4, 0.5) is 0 Å². The first-order chi connectivity index (χ1) is 16.6. The number of nitrogens with zero attached hydrogens (tertiary/aromatic N) is 1. The van der Waals surface area contributed by atoms with Crippen molar-refractivity contribution in [2.75, 3.05) is 47.5 Å². The van der Waals surface area contributed by atoms with E-state index in [4.69, 9.17) is 13.8 Å². The van der Waals surface area contributed by atoms with Gasteiger partial charge in [0.1, 0.15) is 19.3 Å². The molecule has 0 aliphatic carbocycles. The molecule has 0 aromatic heterocycles. The molecule has 0 aliphatic heterocycles. The molecule has 0 saturated heterocycles. The molecule has 0 radical (unpaired) electrons. The molecule has 2 N–H and O–H groups in total. The molecule has 0 heterocycles. The number of esters is 1. The number of carbonyl (C=O) groups is 1. The largest absolute Gasteiger partial charge is 0.472 e. The maximum Gasteiger partial charge on any atom is 0.472 e. The monoisotopic (exact) mass is 522 g/mol. The summed E-state index contributed by atoms with van der Waals surface area (Å²) in [7, 11) is 1.54. The van der Waals surface area contributed by atoms with Gasteiger partial charge in [0, 0.05) is 6.42 Å². The minimum atomic E-state index is -4.26. The van der Waals surface area contributed by atoms with Crippen LogP contribution < -0.4 is 0 Å². The van der Waals surface area contributed by atoms with Crippen LogP contribution in [0.2, 0.25) is 0 Å². The van der Waals surface area contributed by atoms with E-state index in [1.54, 1.807) is 0 Å². The summed E-state index contributed by atoms with van der Waals surface area (Å²) in [6.45, 7) is 1.93. The van der Waals surface area contributed by atoms with Gasteiger partial charge in [0.05, 0.1) is 34.4 Å². The second-order valence-electron chi connectivity index (χ2n) is 10.2. The zero-order valence-corrected chi connectivity index (χ0v) is 23.7. The molecule has 0 spiro atoms. The van der Waals surface area contributed by atoms with E-state index in [2.05, 4.69) is 19.1 Å². The first kappa shape index (κ1) is 34.2. The van der Waals surface area contributed by atoms with Crippen molar-refractivity contribution < 1.29 is 37.6 Å². The molecule has 2 atom stereocenters. The number of rotatable bonds is 24. The molecule has 0 bridgehead atoms. The van der Waals surface area contributed by atoms with Gasteiger partial charge in [0.25, 0.3) is 0 Å². The molecule has 1 unspecified atom stereocenters. The Morgan fingerprint density at radius 3 is 1.97 bits per heavy atom. The van der Waals surface area contributed by atoms with Crippen LogP contribution >= 0.6 is 7.82 Å². The highest BCUT2D eigenvalue weighted by Crippen LogP contribution is 2.43. The van der Waals surface area contributed by atoms with Crippen molar-refractivity contribution >= 4 is 13.8 Å². The molecule has 0 fully saturated rings. The third kappa shape index (κ3) is 24.7. The van der Waals surface area contributed by atoms with Crippen LogP contribution in [0.25, 0.3) is 0 Å². The molecule has 0 aromatic rings. The highest BCUT2D eigenvalue weighted by molar-refractivity contribution is 7.47. The fraction of sp³-hybridized carbons (Fsp3) is 0.885. The standard InChI is InChI=1S/C26H52NO7P/c1-5-6-7-8-9-10-11-12-13-14-15-16-17-18-19-20-26(29)34-25(23-28)24-33-35(30,31)32-22-21-27(2,3)4/h15-16,25,28H,5-14,17-24H2,1-4H3/p+1/t25-/m0/s1. The van der Waals surface area contributed by atoms with Crippen molar-refractivity contribution in [3.63, 3.8) is 0 Å². The van der Waals surface area contributed by atoms with Crippen molar-refractivity contribution in [2.45, 2.75) is 103 Å². The Morgan fingerprint density at radius 1 is 0.886 bits per heavy atom. The Morgan fingerprint density at radius 2 is 1.43 bits per heavy atom. The number of hydrogen-bond acceptors (Lipinski definition) is 6. The van der Waals surface area contributed by atoms with E-state index >= 15 is 0 Å². The van der Waals surface area contributed by atoms with Gasteiger partial charge in [-0.05, 0) is 32.1 Å². The first-order valence-corrected chi connectivity index (χ1v) is 15.0. The van der Waals surface area contributed by atoms with Crippen LogP contribution in [0.15, 0.2) is 12.2 Å². The third-order valence-electron chi connectivity index (χ3n) is 5.58. The number of hydrogen-bond donors (Lipinski definition) is 2. The fourth-order valence-electron chi connectivity index (χ4n) is 3.35. The van der Waals surface area contributed by atoms with Crippen molar-refractivity contribution in [1.82, 2.24) is 0 Å². The smallest absolute Gasteiger partial charge is 0.457 e. The second kappa shape index (κ2) is 21.3. The van der Waals surface area contributed by atoms with Crippen molar-refractivity contribution in [1.29, 1.82) is 0 Å². The summed E-state index contributed by atoms with van der Waals surface area (Å²) in [4.78, 5) is 21.7. The summed E-state index contributed by atoms with van der Waals surface area (Å²) < 4.78 is 27.4. The van der Waals surface area contributed by atoms with E-state index < -0.39 is 33.1 Å². The second-order valence-corrected chi connectivity index (χ2v) is 11.7. The highest BCUT2D eigenvalue weighted by Gasteiger charge is 2.25. The molecular formula is C26H53NO7P+. The van der Waals surface area contributed by atoms with Gasteiger partial charge in [0.2, 0.25) is 0 Å². The van der Waals surface area contributed by atoms with Crippen LogP contribution in [0.1, 0.15) is 96.8 Å². The predicted molar refractivity (Wildman–Crippen MR) is 141 cm³/mol. The van der Waals surface area contributed by atoms with Gasteiger partial charge in [-0.15, -0.1) is 0 Å². The lowest BCUT2D eigenvalue weighted by atomic mass is 10.1. The summed E-state index contributed by atoms with van der Waals surface area (Å²) in [6, 6.07) is 0. The molecular weight excluding hydrogens is 469 g/mol. The molecule has 0 rings (SSSR count). The number of likely N-dealkylation sites (N-methyl/N-ethyl adjacent to an activating group) is 1. The zero-order chi connectivity index (χ0) is 26.4. The minimum Gasteiger partial charge on any atom is -0.457 e. The van der Waals surface area contributed by atoms with Crippen molar-refractivity contribution in [2.24, 2.45) is 0 Å². The van der Waals surface area contributed by atoms with Gasteiger partial charge >= 0.3 is 13.8 Å². The number of unbranched alkanes of at least 4 members (excludes halogenated alkanes) is 11. The number of ether oxygens (including phenoxy) is 1. The van der Waals surface area contributed by atoms with Crippen LogP contribution in [0.5, 0.6) is 0 Å². The number of phosphoric ester groups is 1. The summed E-state index contributed by atoms with van der Waals surface area (Å²) in [5.41, 5.74) is 0. The third-order valence-corrected chi connectivity index (χ3v) is 6.57. The lowest BCUT2D eigenvalue weighted by molar-refractivity contribution is -0.870. The molecule has 9 heteroatoms. The van der Waals surface area contributed by atoms with Gasteiger partial charge in [0.15, 0.2) is 0 Å². The fourth-order valence-corrected chi connectivity index (χ4v) is 4.10. The average Bonchev–Trinajstić information content (AvgIpc) is 2.78. The quantitative estimate of drug-likeness (QED) is 0.0546. The molecule has 208 valence electrons. The Kier molecular flexibility index (Phi) is 20.9. The van der Waals surface area contributed by atoms with E-state index in [1.165, 1.54) is 57.8 Å². The number of carbonyl (C=O) groups excluding carboxylic acids is 1. The van der Waals surface area contributed by atoms with Gasteiger partial charge in [-0.1, -0.05) is 70.4 Å². The predicted octanol–water partition coefficient (Wildman–Crippen LogP) is 5.77. The number of quaternary nitrogens is 1. The maximum absolute atomic E-state index is 12.0. The normalized spacial score (nSPS) is 14.8. The minimum absolute atomic E-state index is 0.0501. The Bertz CT molecular complexity index is 593. The summed E-state index contributed by atoms with van der Waals surface area (Å²) >= 11 is 0. The first-order valence-electron chi connectivity index (χ1n) is 13.5. The lowest BCUT2D eigenvalue weighted by Crippen LogP contribution is -2.37. The summed E-state index contributed by atoms with van der Waals surface area (Å²) in [5, 5.41) is 9.38. The topological polar surface area (TPSA) is 102 Å².